The van der Waals surface area contributed by atoms with Gasteiger partial charge < -0.3 is 0 Å². The van der Waals surface area contributed by atoms with Crippen LogP contribution in [0.2, 0.25) is 24.2 Å². The van der Waals surface area contributed by atoms with Crippen molar-refractivity contribution in [3.63, 3.8) is 0 Å². The van der Waals surface area contributed by atoms with E-state index in [2.05, 4.69) is 50.6 Å². The summed E-state index contributed by atoms with van der Waals surface area (Å²) in [4.78, 5) is 0. The number of hydrogen-bond acceptors (Lipinski definition) is 0. The Labute approximate surface area is 156 Å². The summed E-state index contributed by atoms with van der Waals surface area (Å²) in [6, 6.07) is 6.35. The maximum atomic E-state index is 4.07. The minimum atomic E-state index is -1.22. The molecule has 8 unspecified atom stereocenters. The van der Waals surface area contributed by atoms with Crippen molar-refractivity contribution >= 4 is 8.07 Å². The van der Waals surface area contributed by atoms with Crippen molar-refractivity contribution in [1.29, 1.82) is 0 Å². The van der Waals surface area contributed by atoms with E-state index in [1.54, 1.807) is 24.2 Å². The van der Waals surface area contributed by atoms with Gasteiger partial charge in [-0.25, -0.2) is 0 Å². The van der Waals surface area contributed by atoms with Crippen LogP contribution in [0.5, 0.6) is 0 Å². The van der Waals surface area contributed by atoms with Gasteiger partial charge in [0.2, 0.25) is 0 Å². The van der Waals surface area contributed by atoms with E-state index in [1.807, 2.05) is 0 Å². The molecule has 4 aliphatic carbocycles. The SMILES string of the molecule is C=CC1CC1C[Si](CC1CC1C=C)(CC1CC1C=C)CC1CC1C=C. The Kier molecular flexibility index (Phi) is 4.73. The highest BCUT2D eigenvalue weighted by atomic mass is 28.3. The average molecular weight is 353 g/mol. The maximum absolute atomic E-state index is 4.07. The molecule has 0 bridgehead atoms. The van der Waals surface area contributed by atoms with Gasteiger partial charge >= 0.3 is 0 Å². The van der Waals surface area contributed by atoms with E-state index in [1.165, 1.54) is 25.7 Å². The molecular formula is C24H36Si. The largest absolute Gasteiger partial charge is 0.103 e. The number of allylic oxidation sites excluding steroid dienone is 4. The van der Waals surface area contributed by atoms with Crippen LogP contribution < -0.4 is 0 Å². The summed E-state index contributed by atoms with van der Waals surface area (Å²) >= 11 is 0. The zero-order chi connectivity index (χ0) is 17.6. The van der Waals surface area contributed by atoms with Gasteiger partial charge in [0.1, 0.15) is 0 Å². The first-order chi connectivity index (χ1) is 12.1. The van der Waals surface area contributed by atoms with Gasteiger partial charge in [0.05, 0.1) is 8.07 Å². The van der Waals surface area contributed by atoms with Crippen LogP contribution in [0.1, 0.15) is 25.7 Å². The van der Waals surface area contributed by atoms with Crippen molar-refractivity contribution in [2.45, 2.75) is 49.9 Å². The molecule has 0 N–H and O–H groups in total. The third kappa shape index (κ3) is 3.97. The molecule has 1 heteroatoms. The lowest BCUT2D eigenvalue weighted by Crippen LogP contribution is -2.37. The Balaban J connectivity index is 1.49. The lowest BCUT2D eigenvalue weighted by Gasteiger charge is -2.34. The normalized spacial score (nSPS) is 45.8. The zero-order valence-corrected chi connectivity index (χ0v) is 16.9. The third-order valence-electron chi connectivity index (χ3n) is 7.90. The summed E-state index contributed by atoms with van der Waals surface area (Å²) < 4.78 is 0. The fraction of sp³-hybridized carbons (Fsp3) is 0.667. The molecule has 4 saturated carbocycles. The summed E-state index contributed by atoms with van der Waals surface area (Å²) in [5.41, 5.74) is 0. The quantitative estimate of drug-likeness (QED) is 0.270. The van der Waals surface area contributed by atoms with Gasteiger partial charge in [-0.15, -0.1) is 26.3 Å². The molecule has 8 atom stereocenters. The molecule has 4 fully saturated rings. The minimum Gasteiger partial charge on any atom is -0.103 e. The monoisotopic (exact) mass is 352 g/mol. The summed E-state index contributed by atoms with van der Waals surface area (Å²) in [5, 5.41) is 0. The number of rotatable bonds is 12. The van der Waals surface area contributed by atoms with E-state index in [0.717, 1.165) is 47.3 Å². The molecule has 25 heavy (non-hydrogen) atoms. The fourth-order valence-electron chi connectivity index (χ4n) is 5.90. The van der Waals surface area contributed by atoms with E-state index in [4.69, 9.17) is 0 Å². The first kappa shape index (κ1) is 17.6. The summed E-state index contributed by atoms with van der Waals surface area (Å²) in [7, 11) is -1.22. The van der Waals surface area contributed by atoms with Crippen LogP contribution >= 0.6 is 0 Å². The van der Waals surface area contributed by atoms with Gasteiger partial charge in [0, 0.05) is 0 Å². The lowest BCUT2D eigenvalue weighted by atomic mass is 10.3. The van der Waals surface area contributed by atoms with Crippen molar-refractivity contribution in [3.05, 3.63) is 50.6 Å². The summed E-state index contributed by atoms with van der Waals surface area (Å²) in [6.45, 7) is 16.3. The average Bonchev–Trinajstić information content (AvgIpc) is 3.44. The topological polar surface area (TPSA) is 0 Å². The molecule has 4 aliphatic rings. The Morgan fingerprint density at radius 2 is 0.760 bits per heavy atom. The van der Waals surface area contributed by atoms with Crippen LogP contribution in [0, 0.1) is 47.3 Å². The van der Waals surface area contributed by atoms with Crippen LogP contribution in [0.4, 0.5) is 0 Å². The van der Waals surface area contributed by atoms with E-state index in [-0.39, 0.29) is 0 Å². The second kappa shape index (κ2) is 6.72. The summed E-state index contributed by atoms with van der Waals surface area (Å²) in [6.07, 6.45) is 14.7. The van der Waals surface area contributed by atoms with Crippen LogP contribution in [-0.4, -0.2) is 8.07 Å². The minimum absolute atomic E-state index is 0.838. The molecule has 4 rings (SSSR count). The molecule has 0 nitrogen and oxygen atoms in total. The summed E-state index contributed by atoms with van der Waals surface area (Å²) in [5.74, 6) is 7.27. The highest BCUT2D eigenvalue weighted by Crippen LogP contribution is 2.59. The molecule has 0 saturated heterocycles. The molecular weight excluding hydrogens is 316 g/mol. The van der Waals surface area contributed by atoms with E-state index in [9.17, 15) is 0 Å². The lowest BCUT2D eigenvalue weighted by molar-refractivity contribution is 0.744. The second-order valence-corrected chi connectivity index (χ2v) is 14.5. The Bertz CT molecular complexity index is 459. The van der Waals surface area contributed by atoms with Crippen molar-refractivity contribution in [2.24, 2.45) is 47.3 Å². The van der Waals surface area contributed by atoms with Crippen molar-refractivity contribution in [2.75, 3.05) is 0 Å². The van der Waals surface area contributed by atoms with Gasteiger partial charge in [-0.3, -0.25) is 0 Å². The van der Waals surface area contributed by atoms with Gasteiger partial charge in [0.15, 0.2) is 0 Å². The maximum Gasteiger partial charge on any atom is 0.0547 e. The molecule has 0 aliphatic heterocycles. The van der Waals surface area contributed by atoms with E-state index < -0.39 is 8.07 Å². The standard InChI is InChI=1S/C24H36Si/c1-5-17-9-21(17)13-25(14-22-10-18(22)6-2,15-23-11-19(23)7-3)16-24-12-20(24)8-4/h5-8,17-24H,1-4,9-16H2. The first-order valence-corrected chi connectivity index (χ1v) is 13.4. The molecule has 0 spiro atoms. The van der Waals surface area contributed by atoms with Crippen molar-refractivity contribution < 1.29 is 0 Å². The molecule has 0 heterocycles. The smallest absolute Gasteiger partial charge is 0.0547 e. The van der Waals surface area contributed by atoms with Crippen molar-refractivity contribution in [3.8, 4) is 0 Å². The highest BCUT2D eigenvalue weighted by molar-refractivity contribution is 6.80. The highest BCUT2D eigenvalue weighted by Gasteiger charge is 2.53. The number of hydrogen-bond donors (Lipinski definition) is 0. The van der Waals surface area contributed by atoms with Gasteiger partial charge in [-0.2, -0.15) is 0 Å². The van der Waals surface area contributed by atoms with Gasteiger partial charge in [-0.05, 0) is 73.0 Å². The van der Waals surface area contributed by atoms with Crippen LogP contribution in [-0.2, 0) is 0 Å². The molecule has 0 radical (unpaired) electrons. The Hall–Kier alpha value is -0.823. The van der Waals surface area contributed by atoms with Gasteiger partial charge in [-0.1, -0.05) is 48.5 Å². The third-order valence-corrected chi connectivity index (χ3v) is 13.5. The molecule has 0 aromatic rings. The first-order valence-electron chi connectivity index (χ1n) is 10.6. The van der Waals surface area contributed by atoms with Crippen LogP contribution in [0.15, 0.2) is 50.6 Å². The second-order valence-electron chi connectivity index (χ2n) is 9.90. The van der Waals surface area contributed by atoms with E-state index >= 15 is 0 Å². The van der Waals surface area contributed by atoms with Crippen molar-refractivity contribution in [1.82, 2.24) is 0 Å². The predicted molar refractivity (Wildman–Crippen MR) is 112 cm³/mol. The molecule has 0 aromatic heterocycles. The fourth-order valence-corrected chi connectivity index (χ4v) is 13.2. The van der Waals surface area contributed by atoms with E-state index in [0.29, 0.717) is 0 Å². The Morgan fingerprint density at radius 3 is 0.920 bits per heavy atom. The molecule has 136 valence electrons. The molecule has 0 aromatic carbocycles. The van der Waals surface area contributed by atoms with Gasteiger partial charge in [0.25, 0.3) is 0 Å². The van der Waals surface area contributed by atoms with Crippen LogP contribution in [0.25, 0.3) is 0 Å². The van der Waals surface area contributed by atoms with Crippen LogP contribution in [0.3, 0.4) is 0 Å². The zero-order valence-electron chi connectivity index (χ0n) is 15.9. The molecule has 0 amide bonds. The Morgan fingerprint density at radius 1 is 0.520 bits per heavy atom. The predicted octanol–water partition coefficient (Wildman–Crippen LogP) is 6.72.